The highest BCUT2D eigenvalue weighted by atomic mass is 127. The van der Waals surface area contributed by atoms with Crippen LogP contribution in [0.3, 0.4) is 0 Å². The van der Waals surface area contributed by atoms with Crippen molar-refractivity contribution in [3.05, 3.63) is 72.4 Å². The molecule has 2 N–H and O–H groups in total. The summed E-state index contributed by atoms with van der Waals surface area (Å²) in [6.45, 7) is 6.39. The van der Waals surface area contributed by atoms with Gasteiger partial charge in [-0.2, -0.15) is 0 Å². The maximum absolute atomic E-state index is 5.67. The van der Waals surface area contributed by atoms with Crippen molar-refractivity contribution in [3.63, 3.8) is 0 Å². The van der Waals surface area contributed by atoms with E-state index in [0.29, 0.717) is 6.54 Å². The molecule has 0 aliphatic carbocycles. The van der Waals surface area contributed by atoms with Gasteiger partial charge in [0, 0.05) is 37.2 Å². The number of likely N-dealkylation sites (tertiary alicyclic amines) is 1. The number of rotatable bonds is 9. The normalized spacial score (nSPS) is 14.9. The number of guanidine groups is 1. The van der Waals surface area contributed by atoms with Gasteiger partial charge in [0.05, 0.1) is 19.7 Å². The van der Waals surface area contributed by atoms with Gasteiger partial charge in [-0.25, -0.2) is 15.0 Å². The van der Waals surface area contributed by atoms with Gasteiger partial charge in [0.1, 0.15) is 17.9 Å². The Morgan fingerprint density at radius 3 is 2.65 bits per heavy atom. The minimum atomic E-state index is 0. The highest BCUT2D eigenvalue weighted by molar-refractivity contribution is 14.0. The van der Waals surface area contributed by atoms with Gasteiger partial charge in [-0.15, -0.1) is 24.0 Å². The van der Waals surface area contributed by atoms with Crippen molar-refractivity contribution < 1.29 is 4.74 Å². The number of ether oxygens (including phenoxy) is 1. The summed E-state index contributed by atoms with van der Waals surface area (Å²) in [5, 5.41) is 6.93. The van der Waals surface area contributed by atoms with Gasteiger partial charge in [0.25, 0.3) is 0 Å². The van der Waals surface area contributed by atoms with Crippen LogP contribution in [0.2, 0.25) is 0 Å². The molecule has 8 nitrogen and oxygen atoms in total. The number of aromatic nitrogens is 3. The van der Waals surface area contributed by atoms with Crippen molar-refractivity contribution in [2.24, 2.45) is 4.99 Å². The van der Waals surface area contributed by atoms with Gasteiger partial charge in [0.15, 0.2) is 5.96 Å². The molecule has 9 heteroatoms. The van der Waals surface area contributed by atoms with Crippen LogP contribution >= 0.6 is 24.0 Å². The van der Waals surface area contributed by atoms with E-state index in [1.54, 1.807) is 19.6 Å². The smallest absolute Gasteiger partial charge is 0.191 e. The third-order valence-electron chi connectivity index (χ3n) is 5.88. The van der Waals surface area contributed by atoms with E-state index >= 15 is 0 Å². The summed E-state index contributed by atoms with van der Waals surface area (Å²) in [7, 11) is 1.74. The lowest BCUT2D eigenvalue weighted by molar-refractivity contribution is 0.239. The molecule has 0 bridgehead atoms. The van der Waals surface area contributed by atoms with Crippen molar-refractivity contribution in [3.8, 4) is 11.6 Å². The SMILES string of the molecule is CCNC(=NCc1ccc(-n2ccnc2)nc1)NCC(c1ccccc1OC)N1CCCC1.I. The molecule has 4 rings (SSSR count). The lowest BCUT2D eigenvalue weighted by Gasteiger charge is -2.30. The highest BCUT2D eigenvalue weighted by Crippen LogP contribution is 2.31. The number of pyridine rings is 1. The maximum Gasteiger partial charge on any atom is 0.191 e. The monoisotopic (exact) mass is 575 g/mol. The Labute approximate surface area is 218 Å². The first kappa shape index (κ1) is 26.0. The van der Waals surface area contributed by atoms with Crippen molar-refractivity contribution in [2.75, 3.05) is 33.3 Å². The Bertz CT molecular complexity index is 1020. The van der Waals surface area contributed by atoms with E-state index in [9.17, 15) is 0 Å². The van der Waals surface area contributed by atoms with E-state index in [1.807, 2.05) is 35.2 Å². The molecule has 0 amide bonds. The fraction of sp³-hybridized carbons (Fsp3) is 0.400. The third-order valence-corrected chi connectivity index (χ3v) is 5.88. The molecule has 1 unspecified atom stereocenters. The first-order valence-corrected chi connectivity index (χ1v) is 11.6. The average Bonchev–Trinajstić information content (AvgIpc) is 3.58. The van der Waals surface area contributed by atoms with Crippen LogP contribution in [-0.4, -0.2) is 58.7 Å². The number of hydrogen-bond donors (Lipinski definition) is 2. The molecule has 1 atom stereocenters. The lowest BCUT2D eigenvalue weighted by atomic mass is 10.0. The fourth-order valence-corrected chi connectivity index (χ4v) is 4.19. The van der Waals surface area contributed by atoms with Crippen molar-refractivity contribution in [1.29, 1.82) is 0 Å². The minimum Gasteiger partial charge on any atom is -0.496 e. The standard InChI is InChI=1S/C25H33N7O.HI/c1-3-27-25(29-17-20-10-11-24(28-16-20)32-15-12-26-19-32)30-18-22(31-13-6-7-14-31)21-8-4-5-9-23(21)33-2;/h4-5,8-12,15-16,19,22H,3,6-7,13-14,17-18H2,1-2H3,(H2,27,29,30);1H. The number of nitrogens with one attached hydrogen (secondary N) is 2. The van der Waals surface area contributed by atoms with E-state index < -0.39 is 0 Å². The summed E-state index contributed by atoms with van der Waals surface area (Å²) in [5.41, 5.74) is 2.27. The Balaban J connectivity index is 0.00000324. The number of halogens is 1. The predicted octanol–water partition coefficient (Wildman–Crippen LogP) is 3.79. The van der Waals surface area contributed by atoms with Crippen LogP contribution in [0.15, 0.2) is 66.3 Å². The molecule has 182 valence electrons. The number of hydrogen-bond acceptors (Lipinski definition) is 5. The van der Waals surface area contributed by atoms with Crippen LogP contribution in [0.5, 0.6) is 5.75 Å². The molecule has 3 aromatic rings. The van der Waals surface area contributed by atoms with Crippen LogP contribution < -0.4 is 15.4 Å². The summed E-state index contributed by atoms with van der Waals surface area (Å²) >= 11 is 0. The maximum atomic E-state index is 5.67. The van der Waals surface area contributed by atoms with Crippen LogP contribution in [0.1, 0.15) is 36.9 Å². The summed E-state index contributed by atoms with van der Waals surface area (Å²) in [6, 6.07) is 12.6. The zero-order valence-corrected chi connectivity index (χ0v) is 22.2. The molecule has 0 radical (unpaired) electrons. The highest BCUT2D eigenvalue weighted by Gasteiger charge is 2.26. The summed E-state index contributed by atoms with van der Waals surface area (Å²) in [4.78, 5) is 15.9. The zero-order chi connectivity index (χ0) is 22.9. The molecule has 1 aliphatic heterocycles. The van der Waals surface area contributed by atoms with Gasteiger partial charge in [-0.3, -0.25) is 9.47 Å². The van der Waals surface area contributed by atoms with E-state index in [2.05, 4.69) is 50.6 Å². The number of aliphatic imine (C=N–C) groups is 1. The van der Waals surface area contributed by atoms with Crippen LogP contribution in [0.25, 0.3) is 5.82 Å². The topological polar surface area (TPSA) is 79.6 Å². The summed E-state index contributed by atoms with van der Waals surface area (Å²) < 4.78 is 7.55. The fourth-order valence-electron chi connectivity index (χ4n) is 4.19. The van der Waals surface area contributed by atoms with Gasteiger partial charge in [-0.05, 0) is 50.6 Å². The molecule has 0 saturated carbocycles. The molecule has 3 heterocycles. The third kappa shape index (κ3) is 6.69. The molecule has 2 aromatic heterocycles. The minimum absolute atomic E-state index is 0. The Kier molecular flexibility index (Phi) is 10.1. The van der Waals surface area contributed by atoms with E-state index in [0.717, 1.165) is 49.3 Å². The second kappa shape index (κ2) is 13.3. The Hall–Kier alpha value is -2.66. The molecule has 34 heavy (non-hydrogen) atoms. The second-order valence-electron chi connectivity index (χ2n) is 8.07. The van der Waals surface area contributed by atoms with Crippen LogP contribution in [-0.2, 0) is 6.54 Å². The van der Waals surface area contributed by atoms with Crippen molar-refractivity contribution >= 4 is 29.9 Å². The molecular formula is C25H34IN7O. The first-order valence-electron chi connectivity index (χ1n) is 11.6. The quantitative estimate of drug-likeness (QED) is 0.230. The van der Waals surface area contributed by atoms with Gasteiger partial charge in [-0.1, -0.05) is 24.3 Å². The van der Waals surface area contributed by atoms with E-state index in [4.69, 9.17) is 9.73 Å². The molecule has 1 fully saturated rings. The molecule has 1 aromatic carbocycles. The Morgan fingerprint density at radius 2 is 1.97 bits per heavy atom. The average molecular weight is 575 g/mol. The van der Waals surface area contributed by atoms with Crippen LogP contribution in [0.4, 0.5) is 0 Å². The van der Waals surface area contributed by atoms with Crippen molar-refractivity contribution in [1.82, 2.24) is 30.1 Å². The number of methoxy groups -OCH3 is 1. The number of para-hydroxylation sites is 1. The zero-order valence-electron chi connectivity index (χ0n) is 19.9. The second-order valence-corrected chi connectivity index (χ2v) is 8.07. The van der Waals surface area contributed by atoms with E-state index in [-0.39, 0.29) is 30.0 Å². The lowest BCUT2D eigenvalue weighted by Crippen LogP contribution is -2.42. The van der Waals surface area contributed by atoms with Gasteiger partial charge >= 0.3 is 0 Å². The van der Waals surface area contributed by atoms with Crippen molar-refractivity contribution in [2.45, 2.75) is 32.4 Å². The number of nitrogens with zero attached hydrogens (tertiary/aromatic N) is 5. The van der Waals surface area contributed by atoms with E-state index in [1.165, 1.54) is 18.4 Å². The van der Waals surface area contributed by atoms with Crippen LogP contribution in [0, 0.1) is 0 Å². The number of imidazole rings is 1. The largest absolute Gasteiger partial charge is 0.496 e. The number of benzene rings is 1. The molecule has 1 aliphatic rings. The predicted molar refractivity (Wildman–Crippen MR) is 146 cm³/mol. The molecule has 1 saturated heterocycles. The molecule has 0 spiro atoms. The first-order chi connectivity index (χ1) is 16.3. The van der Waals surface area contributed by atoms with Gasteiger partial charge in [0.2, 0.25) is 0 Å². The summed E-state index contributed by atoms with van der Waals surface area (Å²) in [6.07, 6.45) is 9.71. The summed E-state index contributed by atoms with van der Waals surface area (Å²) in [5.74, 6) is 2.58. The molecular weight excluding hydrogens is 541 g/mol. The van der Waals surface area contributed by atoms with Gasteiger partial charge < -0.3 is 15.4 Å². The Morgan fingerprint density at radius 1 is 1.15 bits per heavy atom.